The van der Waals surface area contributed by atoms with Gasteiger partial charge in [0.1, 0.15) is 11.9 Å². The van der Waals surface area contributed by atoms with Crippen molar-refractivity contribution in [2.45, 2.75) is 45.3 Å². The molecular weight excluding hydrogens is 457 g/mol. The lowest BCUT2D eigenvalue weighted by atomic mass is 10.0. The number of carbonyl (C=O) groups excluding carboxylic acids is 2. The maximum Gasteiger partial charge on any atom is 0.414 e. The zero-order valence-electron chi connectivity index (χ0n) is 20.6. The van der Waals surface area contributed by atoms with E-state index in [1.807, 2.05) is 24.3 Å². The minimum Gasteiger partial charge on any atom is -0.442 e. The quantitative estimate of drug-likeness (QED) is 0.350. The lowest BCUT2D eigenvalue weighted by molar-refractivity contribution is -0.119. The summed E-state index contributed by atoms with van der Waals surface area (Å²) in [6.07, 6.45) is 13.1. The minimum atomic E-state index is -0.559. The average molecular weight is 490 g/mol. The van der Waals surface area contributed by atoms with Gasteiger partial charge in [0.05, 0.1) is 18.8 Å². The Morgan fingerprint density at radius 2 is 1.81 bits per heavy atom. The predicted molar refractivity (Wildman–Crippen MR) is 140 cm³/mol. The fourth-order valence-corrected chi connectivity index (χ4v) is 4.13. The van der Waals surface area contributed by atoms with Crippen LogP contribution in [0.15, 0.2) is 42.5 Å². The second kappa shape index (κ2) is 13.3. The number of ether oxygens (including phenoxy) is 1. The predicted octanol–water partition coefficient (Wildman–Crippen LogP) is 4.58. The van der Waals surface area contributed by atoms with E-state index in [-0.39, 0.29) is 19.0 Å². The molecule has 0 saturated carbocycles. The van der Waals surface area contributed by atoms with Gasteiger partial charge in [0, 0.05) is 31.9 Å². The Labute approximate surface area is 212 Å². The number of benzene rings is 2. The number of amides is 2. The molecule has 0 aliphatic carbocycles. The van der Waals surface area contributed by atoms with Crippen LogP contribution >= 0.6 is 0 Å². The molecule has 1 aliphatic heterocycles. The Bertz CT molecular complexity index is 1110. The van der Waals surface area contributed by atoms with Crippen molar-refractivity contribution in [3.63, 3.8) is 0 Å². The third-order valence-corrected chi connectivity index (χ3v) is 5.98. The molecule has 2 aromatic carbocycles. The van der Waals surface area contributed by atoms with Crippen LogP contribution < -0.4 is 10.2 Å². The number of hydrogen-bond donors (Lipinski definition) is 1. The van der Waals surface area contributed by atoms with E-state index in [1.54, 1.807) is 12.1 Å². The van der Waals surface area contributed by atoms with Gasteiger partial charge < -0.3 is 10.1 Å². The molecule has 2 amide bonds. The molecule has 1 heterocycles. The first-order valence-electron chi connectivity index (χ1n) is 12.1. The molecule has 0 aromatic heterocycles. The number of unbranched alkanes of at least 4 members (excludes halogenated alkanes) is 2. The Balaban J connectivity index is 1.65. The Kier molecular flexibility index (Phi) is 9.92. The molecule has 3 rings (SSSR count). The number of nitrogens with one attached hydrogen (secondary N) is 1. The third kappa shape index (κ3) is 7.60. The topological polar surface area (TPSA) is 61.9 Å². The van der Waals surface area contributed by atoms with Gasteiger partial charge in [-0.15, -0.1) is 24.7 Å². The highest BCUT2D eigenvalue weighted by Crippen LogP contribution is 2.29. The zero-order valence-corrected chi connectivity index (χ0v) is 20.6. The second-order valence-corrected chi connectivity index (χ2v) is 8.81. The van der Waals surface area contributed by atoms with Crippen LogP contribution in [-0.4, -0.2) is 49.2 Å². The van der Waals surface area contributed by atoms with Crippen molar-refractivity contribution in [2.24, 2.45) is 0 Å². The number of nitrogens with zero attached hydrogens (tertiary/aromatic N) is 2. The molecule has 1 atom stereocenters. The van der Waals surface area contributed by atoms with E-state index in [4.69, 9.17) is 17.6 Å². The summed E-state index contributed by atoms with van der Waals surface area (Å²) in [6, 6.07) is 12.5. The molecule has 1 saturated heterocycles. The van der Waals surface area contributed by atoms with E-state index in [0.29, 0.717) is 11.3 Å². The van der Waals surface area contributed by atoms with Crippen molar-refractivity contribution in [1.82, 2.24) is 10.2 Å². The first-order valence-corrected chi connectivity index (χ1v) is 12.1. The van der Waals surface area contributed by atoms with Crippen molar-refractivity contribution >= 4 is 17.7 Å². The molecule has 0 spiro atoms. The third-order valence-electron chi connectivity index (χ3n) is 5.98. The summed E-state index contributed by atoms with van der Waals surface area (Å²) in [5, 5.41) is 2.63. The lowest BCUT2D eigenvalue weighted by Crippen LogP contribution is -2.33. The summed E-state index contributed by atoms with van der Waals surface area (Å²) in [5.74, 6) is 4.74. The summed E-state index contributed by atoms with van der Waals surface area (Å²) >= 11 is 0. The van der Waals surface area contributed by atoms with Crippen LogP contribution in [0.4, 0.5) is 14.9 Å². The molecule has 0 unspecified atom stereocenters. The summed E-state index contributed by atoms with van der Waals surface area (Å²) in [6.45, 7) is 4.43. The Morgan fingerprint density at radius 1 is 1.14 bits per heavy atom. The summed E-state index contributed by atoms with van der Waals surface area (Å²) in [7, 11) is 0. The fourth-order valence-electron chi connectivity index (χ4n) is 4.13. The number of terminal acetylenes is 2. The molecule has 7 heteroatoms. The van der Waals surface area contributed by atoms with Gasteiger partial charge in [0.25, 0.3) is 0 Å². The first-order chi connectivity index (χ1) is 17.4. The fraction of sp³-hybridized carbons (Fsp3) is 0.379. The molecule has 2 aromatic rings. The number of anilines is 1. The molecule has 1 N–H and O–H groups in total. The Morgan fingerprint density at radius 3 is 2.39 bits per heavy atom. The highest BCUT2D eigenvalue weighted by molar-refractivity contribution is 5.90. The van der Waals surface area contributed by atoms with Gasteiger partial charge in [0.15, 0.2) is 0 Å². The van der Waals surface area contributed by atoms with Gasteiger partial charge in [-0.25, -0.2) is 9.18 Å². The highest BCUT2D eigenvalue weighted by atomic mass is 19.1. The molecule has 1 aliphatic rings. The molecule has 6 nitrogen and oxygen atoms in total. The van der Waals surface area contributed by atoms with E-state index in [1.165, 1.54) is 17.9 Å². The summed E-state index contributed by atoms with van der Waals surface area (Å²) in [4.78, 5) is 27.0. The van der Waals surface area contributed by atoms with Crippen LogP contribution in [0.5, 0.6) is 0 Å². The van der Waals surface area contributed by atoms with Gasteiger partial charge in [-0.3, -0.25) is 14.6 Å². The van der Waals surface area contributed by atoms with Crippen molar-refractivity contribution in [2.75, 3.05) is 31.1 Å². The maximum atomic E-state index is 15.0. The van der Waals surface area contributed by atoms with E-state index in [0.717, 1.165) is 56.4 Å². The van der Waals surface area contributed by atoms with Crippen LogP contribution in [0, 0.1) is 30.5 Å². The van der Waals surface area contributed by atoms with Crippen LogP contribution in [0.25, 0.3) is 11.1 Å². The molecular formula is C29H32FN3O3. The molecule has 1 fully saturated rings. The van der Waals surface area contributed by atoms with E-state index < -0.39 is 18.0 Å². The first kappa shape index (κ1) is 26.8. The molecule has 36 heavy (non-hydrogen) atoms. The highest BCUT2D eigenvalue weighted by Gasteiger charge is 2.32. The van der Waals surface area contributed by atoms with Crippen molar-refractivity contribution in [3.05, 3.63) is 53.8 Å². The van der Waals surface area contributed by atoms with Crippen LogP contribution in [0.1, 0.15) is 38.2 Å². The summed E-state index contributed by atoms with van der Waals surface area (Å²) in [5.41, 5.74) is 2.74. The molecule has 0 bridgehead atoms. The smallest absolute Gasteiger partial charge is 0.414 e. The van der Waals surface area contributed by atoms with Gasteiger partial charge in [-0.05, 0) is 55.3 Å². The second-order valence-electron chi connectivity index (χ2n) is 8.81. The van der Waals surface area contributed by atoms with Gasteiger partial charge in [-0.1, -0.05) is 24.3 Å². The van der Waals surface area contributed by atoms with Crippen molar-refractivity contribution in [3.8, 4) is 35.8 Å². The number of carbonyl (C=O) groups is 2. The zero-order chi connectivity index (χ0) is 25.9. The van der Waals surface area contributed by atoms with Gasteiger partial charge in [-0.2, -0.15) is 0 Å². The number of cyclic esters (lactones) is 1. The number of halogens is 1. The Hall–Kier alpha value is -3.81. The molecule has 188 valence electrons. The maximum absolute atomic E-state index is 15.0. The number of hydrogen-bond acceptors (Lipinski definition) is 4. The van der Waals surface area contributed by atoms with Gasteiger partial charge in [0.2, 0.25) is 5.91 Å². The summed E-state index contributed by atoms with van der Waals surface area (Å²) < 4.78 is 20.3. The van der Waals surface area contributed by atoms with Gasteiger partial charge >= 0.3 is 6.09 Å². The van der Waals surface area contributed by atoms with Crippen molar-refractivity contribution < 1.29 is 18.7 Å². The molecule has 0 radical (unpaired) electrons. The number of rotatable bonds is 12. The average Bonchev–Trinajstić information content (AvgIpc) is 3.24. The van der Waals surface area contributed by atoms with E-state index in [9.17, 15) is 9.59 Å². The normalized spacial score (nSPS) is 14.9. The monoisotopic (exact) mass is 489 g/mol. The van der Waals surface area contributed by atoms with Crippen molar-refractivity contribution in [1.29, 1.82) is 0 Å². The lowest BCUT2D eigenvalue weighted by Gasteiger charge is -2.22. The van der Waals surface area contributed by atoms with E-state index in [2.05, 4.69) is 22.1 Å². The van der Waals surface area contributed by atoms with Crippen LogP contribution in [0.2, 0.25) is 0 Å². The van der Waals surface area contributed by atoms with Crippen LogP contribution in [0.3, 0.4) is 0 Å². The minimum absolute atomic E-state index is 0.202. The largest absolute Gasteiger partial charge is 0.442 e. The standard InChI is InChI=1S/C29H32FN3O3/c1-4-6-8-16-32(17-9-7-5-2)20-23-10-12-24(13-11-23)27-15-14-25(18-28(27)30)33-21-26(36-29(33)35)19-31-22(3)34/h1-2,10-15,18,26H,6-9,16-17,19-21H2,3H3,(H,31,34)/t26-/m0/s1. The van der Waals surface area contributed by atoms with Crippen LogP contribution in [-0.2, 0) is 16.1 Å². The SMILES string of the molecule is C#CCCCN(CCCC#C)Cc1ccc(-c2ccc(N3C[C@H](CNC(C)=O)OC3=O)cc2F)cc1. The van der Waals surface area contributed by atoms with E-state index >= 15 is 4.39 Å².